The van der Waals surface area contributed by atoms with Gasteiger partial charge in [0.1, 0.15) is 5.75 Å². The molecule has 0 radical (unpaired) electrons. The Balaban J connectivity index is 2.08. The molecular formula is C17H28N2O. The normalized spacial score (nSPS) is 20.3. The Morgan fingerprint density at radius 3 is 2.35 bits per heavy atom. The fourth-order valence-electron chi connectivity index (χ4n) is 2.96. The minimum Gasteiger partial charge on any atom is -0.491 e. The van der Waals surface area contributed by atoms with Crippen LogP contribution in [0.3, 0.4) is 0 Å². The Morgan fingerprint density at radius 2 is 1.90 bits per heavy atom. The Hall–Kier alpha value is -1.06. The standard InChI is InChI=1S/C17H28N2O/c1-13(2)20-15-7-5-14(6-8-15)16(11-18)19-10-9-17(3,4)12-19/h5-8,13,16H,9-12,18H2,1-4H3. The van der Waals surface area contributed by atoms with Crippen LogP contribution in [-0.2, 0) is 0 Å². The van der Waals surface area contributed by atoms with Gasteiger partial charge in [-0.1, -0.05) is 26.0 Å². The largest absolute Gasteiger partial charge is 0.491 e. The summed E-state index contributed by atoms with van der Waals surface area (Å²) in [6.45, 7) is 11.7. The van der Waals surface area contributed by atoms with Gasteiger partial charge < -0.3 is 10.5 Å². The molecule has 3 heteroatoms. The second-order valence-corrected chi connectivity index (χ2v) is 6.87. The van der Waals surface area contributed by atoms with Crippen LogP contribution in [0.4, 0.5) is 0 Å². The van der Waals surface area contributed by atoms with Crippen LogP contribution in [0.1, 0.15) is 45.7 Å². The molecule has 1 atom stereocenters. The number of benzene rings is 1. The van der Waals surface area contributed by atoms with Gasteiger partial charge in [0.05, 0.1) is 6.10 Å². The average molecular weight is 276 g/mol. The highest BCUT2D eigenvalue weighted by atomic mass is 16.5. The zero-order valence-corrected chi connectivity index (χ0v) is 13.2. The van der Waals surface area contributed by atoms with Crippen LogP contribution in [-0.4, -0.2) is 30.6 Å². The van der Waals surface area contributed by atoms with Gasteiger partial charge in [-0.05, 0) is 49.9 Å². The minimum atomic E-state index is 0.213. The maximum atomic E-state index is 6.02. The van der Waals surface area contributed by atoms with Gasteiger partial charge in [0.15, 0.2) is 0 Å². The monoisotopic (exact) mass is 276 g/mol. The van der Waals surface area contributed by atoms with Crippen molar-refractivity contribution in [3.63, 3.8) is 0 Å². The van der Waals surface area contributed by atoms with Crippen molar-refractivity contribution in [1.29, 1.82) is 0 Å². The van der Waals surface area contributed by atoms with Crippen LogP contribution in [0.2, 0.25) is 0 Å². The number of nitrogens with zero attached hydrogens (tertiary/aromatic N) is 1. The quantitative estimate of drug-likeness (QED) is 0.897. The van der Waals surface area contributed by atoms with Gasteiger partial charge in [-0.25, -0.2) is 0 Å². The van der Waals surface area contributed by atoms with Crippen LogP contribution in [0.5, 0.6) is 5.75 Å². The van der Waals surface area contributed by atoms with Crippen molar-refractivity contribution in [3.05, 3.63) is 29.8 Å². The van der Waals surface area contributed by atoms with Crippen molar-refractivity contribution in [2.24, 2.45) is 11.1 Å². The molecule has 0 spiro atoms. The topological polar surface area (TPSA) is 38.5 Å². The van der Waals surface area contributed by atoms with Crippen molar-refractivity contribution in [2.75, 3.05) is 19.6 Å². The molecule has 0 aromatic heterocycles. The summed E-state index contributed by atoms with van der Waals surface area (Å²) in [5.41, 5.74) is 7.72. The summed E-state index contributed by atoms with van der Waals surface area (Å²) in [7, 11) is 0. The molecule has 112 valence electrons. The second kappa shape index (κ2) is 6.15. The molecule has 1 fully saturated rings. The first-order valence-electron chi connectivity index (χ1n) is 7.62. The molecule has 2 N–H and O–H groups in total. The lowest BCUT2D eigenvalue weighted by molar-refractivity contribution is 0.222. The first-order chi connectivity index (χ1) is 9.41. The number of rotatable bonds is 5. The fraction of sp³-hybridized carbons (Fsp3) is 0.647. The highest BCUT2D eigenvalue weighted by Crippen LogP contribution is 2.34. The summed E-state index contributed by atoms with van der Waals surface area (Å²) in [4.78, 5) is 2.51. The van der Waals surface area contributed by atoms with Crippen LogP contribution in [0.25, 0.3) is 0 Å². The molecule has 0 aliphatic carbocycles. The minimum absolute atomic E-state index is 0.213. The summed E-state index contributed by atoms with van der Waals surface area (Å²) in [6.07, 6.45) is 1.46. The summed E-state index contributed by atoms with van der Waals surface area (Å²) < 4.78 is 5.70. The van der Waals surface area contributed by atoms with E-state index in [0.29, 0.717) is 18.0 Å². The van der Waals surface area contributed by atoms with E-state index in [4.69, 9.17) is 10.5 Å². The smallest absolute Gasteiger partial charge is 0.119 e. The molecule has 0 bridgehead atoms. The fourth-order valence-corrected chi connectivity index (χ4v) is 2.96. The van der Waals surface area contributed by atoms with Gasteiger partial charge in [-0.2, -0.15) is 0 Å². The van der Waals surface area contributed by atoms with Crippen molar-refractivity contribution < 1.29 is 4.74 Å². The van der Waals surface area contributed by atoms with Gasteiger partial charge in [-0.3, -0.25) is 4.90 Å². The summed E-state index contributed by atoms with van der Waals surface area (Å²) in [5.74, 6) is 0.932. The molecule has 1 unspecified atom stereocenters. The summed E-state index contributed by atoms with van der Waals surface area (Å²) in [6, 6.07) is 8.74. The molecule has 1 aliphatic heterocycles. The van der Waals surface area contributed by atoms with Gasteiger partial charge in [0, 0.05) is 19.1 Å². The first-order valence-corrected chi connectivity index (χ1v) is 7.62. The maximum absolute atomic E-state index is 6.02. The third-order valence-electron chi connectivity index (χ3n) is 4.01. The van der Waals surface area contributed by atoms with Crippen molar-refractivity contribution >= 4 is 0 Å². The lowest BCUT2D eigenvalue weighted by atomic mass is 9.93. The zero-order valence-electron chi connectivity index (χ0n) is 13.2. The highest BCUT2D eigenvalue weighted by Gasteiger charge is 2.33. The van der Waals surface area contributed by atoms with E-state index in [2.05, 4.69) is 43.0 Å². The van der Waals surface area contributed by atoms with Crippen molar-refractivity contribution in [3.8, 4) is 5.75 Å². The predicted octanol–water partition coefficient (Wildman–Crippen LogP) is 3.21. The van der Waals surface area contributed by atoms with Crippen LogP contribution in [0.15, 0.2) is 24.3 Å². The molecule has 20 heavy (non-hydrogen) atoms. The maximum Gasteiger partial charge on any atom is 0.119 e. The Kier molecular flexibility index (Phi) is 4.71. The molecule has 1 aromatic carbocycles. The Morgan fingerprint density at radius 1 is 1.25 bits per heavy atom. The van der Waals surface area contributed by atoms with Crippen molar-refractivity contribution in [2.45, 2.75) is 46.3 Å². The van der Waals surface area contributed by atoms with E-state index in [1.54, 1.807) is 0 Å². The van der Waals surface area contributed by atoms with Crippen molar-refractivity contribution in [1.82, 2.24) is 4.90 Å². The Bertz CT molecular complexity index is 425. The van der Waals surface area contributed by atoms with E-state index >= 15 is 0 Å². The molecule has 0 amide bonds. The van der Waals surface area contributed by atoms with Gasteiger partial charge in [0.25, 0.3) is 0 Å². The van der Waals surface area contributed by atoms with E-state index in [9.17, 15) is 0 Å². The number of hydrogen-bond donors (Lipinski definition) is 1. The van der Waals surface area contributed by atoms with Crippen LogP contribution < -0.4 is 10.5 Å². The van der Waals surface area contributed by atoms with Gasteiger partial charge in [-0.15, -0.1) is 0 Å². The summed E-state index contributed by atoms with van der Waals surface area (Å²) >= 11 is 0. The van der Waals surface area contributed by atoms with E-state index in [0.717, 1.165) is 18.8 Å². The molecule has 2 rings (SSSR count). The van der Waals surface area contributed by atoms with Crippen LogP contribution >= 0.6 is 0 Å². The highest BCUT2D eigenvalue weighted by molar-refractivity contribution is 5.29. The molecule has 1 saturated heterocycles. The molecule has 1 heterocycles. The second-order valence-electron chi connectivity index (χ2n) is 6.87. The lowest BCUT2D eigenvalue weighted by Gasteiger charge is -2.28. The zero-order chi connectivity index (χ0) is 14.8. The molecule has 3 nitrogen and oxygen atoms in total. The van der Waals surface area contributed by atoms with E-state index in [-0.39, 0.29) is 6.10 Å². The third kappa shape index (κ3) is 3.74. The van der Waals surface area contributed by atoms with Gasteiger partial charge >= 0.3 is 0 Å². The number of nitrogens with two attached hydrogens (primary N) is 1. The summed E-state index contributed by atoms with van der Waals surface area (Å²) in [5, 5.41) is 0. The number of likely N-dealkylation sites (tertiary alicyclic amines) is 1. The molecule has 1 aliphatic rings. The first kappa shape index (κ1) is 15.3. The third-order valence-corrected chi connectivity index (χ3v) is 4.01. The van der Waals surface area contributed by atoms with Gasteiger partial charge in [0.2, 0.25) is 0 Å². The number of ether oxygens (including phenoxy) is 1. The molecule has 0 saturated carbocycles. The number of hydrogen-bond acceptors (Lipinski definition) is 3. The van der Waals surface area contributed by atoms with E-state index in [1.165, 1.54) is 12.0 Å². The molecule has 1 aromatic rings. The van der Waals surface area contributed by atoms with Crippen LogP contribution in [0, 0.1) is 5.41 Å². The molecular weight excluding hydrogens is 248 g/mol. The SMILES string of the molecule is CC(C)Oc1ccc(C(CN)N2CCC(C)(C)C2)cc1. The van der Waals surface area contributed by atoms with E-state index in [1.807, 2.05) is 13.8 Å². The van der Waals surface area contributed by atoms with E-state index < -0.39 is 0 Å². The average Bonchev–Trinajstić information content (AvgIpc) is 2.72. The predicted molar refractivity (Wildman–Crippen MR) is 84.0 cm³/mol. The Labute approximate surface area is 123 Å². The lowest BCUT2D eigenvalue weighted by Crippen LogP contribution is -2.33.